The average Bonchev–Trinajstić information content (AvgIpc) is 3.55. The van der Waals surface area contributed by atoms with E-state index in [1.54, 1.807) is 24.3 Å². The van der Waals surface area contributed by atoms with E-state index in [0.717, 1.165) is 23.3 Å². The smallest absolute Gasteiger partial charge is 0.244 e. The van der Waals surface area contributed by atoms with Crippen molar-refractivity contribution >= 4 is 23.4 Å². The summed E-state index contributed by atoms with van der Waals surface area (Å²) >= 11 is 0. The number of amides is 3. The molecular formula is C27H26N2O4. The lowest BCUT2D eigenvalue weighted by atomic mass is 9.63. The number of hydrogen-bond acceptors (Lipinski definition) is 4. The zero-order valence-electron chi connectivity index (χ0n) is 18.7. The summed E-state index contributed by atoms with van der Waals surface area (Å²) in [6.45, 7) is 3.81. The van der Waals surface area contributed by atoms with Gasteiger partial charge in [0.1, 0.15) is 18.0 Å². The van der Waals surface area contributed by atoms with E-state index in [1.807, 2.05) is 26.0 Å². The van der Waals surface area contributed by atoms with Gasteiger partial charge in [0.05, 0.1) is 11.8 Å². The molecule has 33 heavy (non-hydrogen) atoms. The van der Waals surface area contributed by atoms with E-state index in [9.17, 15) is 14.4 Å². The molecule has 0 spiro atoms. The van der Waals surface area contributed by atoms with Crippen molar-refractivity contribution in [3.05, 3.63) is 65.7 Å². The first-order chi connectivity index (χ1) is 15.9. The van der Waals surface area contributed by atoms with E-state index >= 15 is 0 Å². The van der Waals surface area contributed by atoms with Crippen LogP contribution in [0, 0.1) is 49.4 Å². The minimum absolute atomic E-state index is 0.166. The molecule has 2 bridgehead atoms. The number of nitrogens with zero attached hydrogens (tertiary/aromatic N) is 1. The summed E-state index contributed by atoms with van der Waals surface area (Å²) in [4.78, 5) is 39.9. The van der Waals surface area contributed by atoms with Crippen LogP contribution in [0.1, 0.15) is 17.5 Å². The highest BCUT2D eigenvalue weighted by atomic mass is 16.5. The van der Waals surface area contributed by atoms with Crippen LogP contribution in [0.4, 0.5) is 5.69 Å². The molecule has 3 amide bonds. The maximum Gasteiger partial charge on any atom is 0.244 e. The van der Waals surface area contributed by atoms with Gasteiger partial charge in [-0.2, -0.15) is 0 Å². The number of nitrogens with one attached hydrogen (secondary N) is 1. The number of rotatable bonds is 5. The number of likely N-dealkylation sites (tertiary alicyclic amines) is 1. The maximum absolute atomic E-state index is 13.0. The first-order valence-corrected chi connectivity index (χ1v) is 11.6. The second-order valence-corrected chi connectivity index (χ2v) is 9.92. The maximum atomic E-state index is 13.0. The summed E-state index contributed by atoms with van der Waals surface area (Å²) in [5.41, 5.74) is 2.84. The molecule has 1 aliphatic heterocycles. The molecule has 1 N–H and O–H groups in total. The summed E-state index contributed by atoms with van der Waals surface area (Å²) in [6.07, 6.45) is 5.40. The van der Waals surface area contributed by atoms with Gasteiger partial charge in [-0.05, 0) is 91.5 Å². The van der Waals surface area contributed by atoms with Gasteiger partial charge in [-0.25, -0.2) is 0 Å². The van der Waals surface area contributed by atoms with Crippen molar-refractivity contribution < 1.29 is 19.1 Å². The molecule has 0 aromatic heterocycles. The Hall–Kier alpha value is -3.41. The van der Waals surface area contributed by atoms with Crippen LogP contribution in [0.5, 0.6) is 11.5 Å². The summed E-state index contributed by atoms with van der Waals surface area (Å²) in [5, 5.41) is 2.80. The minimum Gasteiger partial charge on any atom is -0.457 e. The van der Waals surface area contributed by atoms with E-state index in [0.29, 0.717) is 23.3 Å². The van der Waals surface area contributed by atoms with Crippen LogP contribution in [0.3, 0.4) is 0 Å². The first-order valence-electron chi connectivity index (χ1n) is 11.6. The van der Waals surface area contributed by atoms with Gasteiger partial charge in [0.25, 0.3) is 0 Å². The highest BCUT2D eigenvalue weighted by molar-refractivity contribution is 6.09. The molecular weight excluding hydrogens is 416 g/mol. The SMILES string of the molecule is Cc1cc(C)cc(Oc2ccc(NC(=O)CN3C(=O)[C@H]4[C@@H]5C=C[C@@H]([C@H]6C[C@H]56)[C@@H]4C3=O)cc2)c1. The molecule has 2 aromatic carbocycles. The third-order valence-corrected chi connectivity index (χ3v) is 7.62. The van der Waals surface area contributed by atoms with E-state index in [2.05, 4.69) is 23.5 Å². The second kappa shape index (κ2) is 7.30. The Bertz CT molecular complexity index is 1140. The monoisotopic (exact) mass is 442 g/mol. The predicted molar refractivity (Wildman–Crippen MR) is 122 cm³/mol. The molecule has 2 aromatic rings. The highest BCUT2D eigenvalue weighted by Crippen LogP contribution is 2.65. The van der Waals surface area contributed by atoms with Crippen molar-refractivity contribution in [3.63, 3.8) is 0 Å². The van der Waals surface area contributed by atoms with E-state index in [4.69, 9.17) is 4.74 Å². The van der Waals surface area contributed by atoms with E-state index in [1.165, 1.54) is 4.90 Å². The predicted octanol–water partition coefficient (Wildman–Crippen LogP) is 4.09. The number of carbonyl (C=O) groups excluding carboxylic acids is 3. The molecule has 7 rings (SSSR count). The van der Waals surface area contributed by atoms with E-state index in [-0.39, 0.29) is 47.9 Å². The van der Waals surface area contributed by atoms with Crippen molar-refractivity contribution in [2.24, 2.45) is 35.5 Å². The topological polar surface area (TPSA) is 75.7 Å². The van der Waals surface area contributed by atoms with Crippen LogP contribution in [0.25, 0.3) is 0 Å². The number of benzene rings is 2. The van der Waals surface area contributed by atoms with Gasteiger partial charge in [0.2, 0.25) is 17.7 Å². The molecule has 6 atom stereocenters. The minimum atomic E-state index is -0.371. The average molecular weight is 443 g/mol. The normalized spacial score (nSPS) is 30.8. The molecule has 1 saturated heterocycles. The van der Waals surface area contributed by atoms with E-state index < -0.39 is 0 Å². The number of imide groups is 1. The number of aryl methyl sites for hydroxylation is 2. The first kappa shape index (κ1) is 20.2. The van der Waals surface area contributed by atoms with Gasteiger partial charge in [-0.3, -0.25) is 19.3 Å². The number of carbonyl (C=O) groups is 3. The van der Waals surface area contributed by atoms with Crippen LogP contribution < -0.4 is 10.1 Å². The van der Waals surface area contributed by atoms with Crippen LogP contribution in [-0.2, 0) is 14.4 Å². The molecule has 3 fully saturated rings. The highest BCUT2D eigenvalue weighted by Gasteiger charge is 2.67. The molecule has 168 valence electrons. The molecule has 0 radical (unpaired) electrons. The van der Waals surface area contributed by atoms with Gasteiger partial charge >= 0.3 is 0 Å². The molecule has 6 nitrogen and oxygen atoms in total. The summed E-state index contributed by atoms with van der Waals surface area (Å²) < 4.78 is 5.91. The number of hydrogen-bond donors (Lipinski definition) is 1. The van der Waals surface area contributed by atoms with Crippen molar-refractivity contribution in [3.8, 4) is 11.5 Å². The van der Waals surface area contributed by atoms with Crippen LogP contribution in [0.2, 0.25) is 0 Å². The van der Waals surface area contributed by atoms with Gasteiger partial charge in [-0.1, -0.05) is 18.2 Å². The molecule has 2 saturated carbocycles. The molecule has 6 heteroatoms. The molecule has 1 heterocycles. The number of ether oxygens (including phenoxy) is 1. The summed E-state index contributed by atoms with van der Waals surface area (Å²) in [5.74, 6) is 1.58. The zero-order chi connectivity index (χ0) is 22.9. The lowest BCUT2D eigenvalue weighted by molar-refractivity contribution is -0.142. The molecule has 5 aliphatic rings. The van der Waals surface area contributed by atoms with Gasteiger partial charge in [-0.15, -0.1) is 0 Å². The third kappa shape index (κ3) is 3.36. The Labute approximate surface area is 192 Å². The Balaban J connectivity index is 1.09. The second-order valence-electron chi connectivity index (χ2n) is 9.92. The zero-order valence-corrected chi connectivity index (χ0v) is 18.7. The lowest BCUT2D eigenvalue weighted by Gasteiger charge is -2.37. The number of allylic oxidation sites excluding steroid dienone is 2. The van der Waals surface area contributed by atoms with Crippen molar-refractivity contribution in [2.75, 3.05) is 11.9 Å². The van der Waals surface area contributed by atoms with Crippen LogP contribution in [-0.4, -0.2) is 29.2 Å². The fourth-order valence-electron chi connectivity index (χ4n) is 6.25. The fraction of sp³-hybridized carbons (Fsp3) is 0.370. The quantitative estimate of drug-likeness (QED) is 0.559. The lowest BCUT2D eigenvalue weighted by Crippen LogP contribution is -2.40. The van der Waals surface area contributed by atoms with Crippen molar-refractivity contribution in [1.82, 2.24) is 4.90 Å². The standard InChI is InChI=1S/C27H26N2O4/c1-14-9-15(2)11-18(10-14)33-17-5-3-16(4-6-17)28-23(30)13-29-26(31)24-19-7-8-20(22-12-21(19)22)25(24)27(29)32/h3-11,19-22,24-25H,12-13H2,1-2H3,(H,28,30)/t19-,20+,21-,22-,24+,25+/m1/s1. The van der Waals surface area contributed by atoms with Crippen molar-refractivity contribution in [1.29, 1.82) is 0 Å². The largest absolute Gasteiger partial charge is 0.457 e. The Kier molecular flexibility index (Phi) is 4.47. The van der Waals surface area contributed by atoms with Crippen molar-refractivity contribution in [2.45, 2.75) is 20.3 Å². The summed E-state index contributed by atoms with van der Waals surface area (Å²) in [6, 6.07) is 13.1. The van der Waals surface area contributed by atoms with Crippen LogP contribution in [0.15, 0.2) is 54.6 Å². The van der Waals surface area contributed by atoms with Gasteiger partial charge in [0.15, 0.2) is 0 Å². The Morgan fingerprint density at radius 2 is 1.48 bits per heavy atom. The third-order valence-electron chi connectivity index (χ3n) is 7.62. The summed E-state index contributed by atoms with van der Waals surface area (Å²) in [7, 11) is 0. The Morgan fingerprint density at radius 1 is 0.909 bits per heavy atom. The van der Waals surface area contributed by atoms with Gasteiger partial charge < -0.3 is 10.1 Å². The van der Waals surface area contributed by atoms with Crippen LogP contribution >= 0.6 is 0 Å². The number of anilines is 1. The molecule has 0 unspecified atom stereocenters. The van der Waals surface area contributed by atoms with Gasteiger partial charge in [0, 0.05) is 5.69 Å². The molecule has 4 aliphatic carbocycles. The Morgan fingerprint density at radius 3 is 2.06 bits per heavy atom. The fourth-order valence-corrected chi connectivity index (χ4v) is 6.25.